The molecule has 1 fully saturated rings. The SMILES string of the molecule is CSc1cccc(N2C(=O)/C(=C/c3ccc(OCc4ccc5ccccc5c4)cc3)SC2=S)c1. The van der Waals surface area contributed by atoms with Crippen LogP contribution in [0, 0.1) is 0 Å². The van der Waals surface area contributed by atoms with E-state index in [1.807, 2.05) is 73.0 Å². The molecule has 3 nitrogen and oxygen atoms in total. The first-order chi connectivity index (χ1) is 16.6. The Morgan fingerprint density at radius 2 is 1.74 bits per heavy atom. The summed E-state index contributed by atoms with van der Waals surface area (Å²) in [5, 5.41) is 2.43. The van der Waals surface area contributed by atoms with Crippen LogP contribution in [0.5, 0.6) is 5.75 Å². The number of fused-ring (bicyclic) bond motifs is 1. The van der Waals surface area contributed by atoms with E-state index in [0.29, 0.717) is 15.8 Å². The van der Waals surface area contributed by atoms with Crippen LogP contribution >= 0.6 is 35.7 Å². The maximum absolute atomic E-state index is 13.1. The summed E-state index contributed by atoms with van der Waals surface area (Å²) in [6.45, 7) is 0.498. The smallest absolute Gasteiger partial charge is 0.270 e. The van der Waals surface area contributed by atoms with Gasteiger partial charge >= 0.3 is 0 Å². The lowest BCUT2D eigenvalue weighted by atomic mass is 10.1. The predicted molar refractivity (Wildman–Crippen MR) is 149 cm³/mol. The van der Waals surface area contributed by atoms with Crippen molar-refractivity contribution in [3.05, 3.63) is 107 Å². The van der Waals surface area contributed by atoms with Gasteiger partial charge in [-0.15, -0.1) is 11.8 Å². The fourth-order valence-electron chi connectivity index (χ4n) is 3.75. The molecule has 1 heterocycles. The highest BCUT2D eigenvalue weighted by Crippen LogP contribution is 2.37. The molecule has 4 aromatic rings. The molecule has 34 heavy (non-hydrogen) atoms. The molecule has 5 rings (SSSR count). The molecule has 1 aliphatic heterocycles. The minimum atomic E-state index is -0.0927. The number of carbonyl (C=O) groups excluding carboxylic acids is 1. The Labute approximate surface area is 212 Å². The number of nitrogens with zero attached hydrogens (tertiary/aromatic N) is 1. The lowest BCUT2D eigenvalue weighted by Gasteiger charge is -2.15. The maximum atomic E-state index is 13.1. The first-order valence-electron chi connectivity index (χ1n) is 10.7. The van der Waals surface area contributed by atoms with Gasteiger partial charge in [0.25, 0.3) is 5.91 Å². The van der Waals surface area contributed by atoms with Gasteiger partial charge in [-0.2, -0.15) is 0 Å². The number of anilines is 1. The van der Waals surface area contributed by atoms with Gasteiger partial charge in [0.1, 0.15) is 12.4 Å². The third-order valence-electron chi connectivity index (χ3n) is 5.50. The monoisotopic (exact) mass is 499 g/mol. The molecule has 1 amide bonds. The largest absolute Gasteiger partial charge is 0.489 e. The van der Waals surface area contributed by atoms with Gasteiger partial charge in [-0.05, 0) is 70.6 Å². The second-order valence-corrected chi connectivity index (χ2v) is 10.3. The number of benzene rings is 4. The van der Waals surface area contributed by atoms with Gasteiger partial charge in [-0.1, -0.05) is 78.6 Å². The van der Waals surface area contributed by atoms with E-state index in [-0.39, 0.29) is 5.91 Å². The summed E-state index contributed by atoms with van der Waals surface area (Å²) >= 11 is 8.47. The zero-order valence-corrected chi connectivity index (χ0v) is 20.9. The van der Waals surface area contributed by atoms with Crippen molar-refractivity contribution in [3.63, 3.8) is 0 Å². The topological polar surface area (TPSA) is 29.5 Å². The molecule has 0 saturated carbocycles. The quantitative estimate of drug-likeness (QED) is 0.155. The van der Waals surface area contributed by atoms with Gasteiger partial charge in [0.05, 0.1) is 10.6 Å². The first kappa shape index (κ1) is 22.7. The second kappa shape index (κ2) is 10.1. The van der Waals surface area contributed by atoms with Crippen molar-refractivity contribution < 1.29 is 9.53 Å². The van der Waals surface area contributed by atoms with Crippen LogP contribution < -0.4 is 9.64 Å². The maximum Gasteiger partial charge on any atom is 0.270 e. The summed E-state index contributed by atoms with van der Waals surface area (Å²) in [5.74, 6) is 0.691. The number of hydrogen-bond donors (Lipinski definition) is 0. The molecule has 0 atom stereocenters. The molecule has 0 aliphatic carbocycles. The van der Waals surface area contributed by atoms with Crippen molar-refractivity contribution in [2.45, 2.75) is 11.5 Å². The third kappa shape index (κ3) is 4.89. The fourth-order valence-corrected chi connectivity index (χ4v) is 5.50. The van der Waals surface area contributed by atoms with E-state index in [1.165, 1.54) is 22.5 Å². The minimum Gasteiger partial charge on any atom is -0.489 e. The van der Waals surface area contributed by atoms with Crippen LogP contribution in [0.3, 0.4) is 0 Å². The average molecular weight is 500 g/mol. The number of ether oxygens (including phenoxy) is 1. The summed E-state index contributed by atoms with van der Waals surface area (Å²) in [7, 11) is 0. The number of amides is 1. The zero-order chi connectivity index (χ0) is 23.5. The van der Waals surface area contributed by atoms with Gasteiger partial charge in [0, 0.05) is 4.90 Å². The minimum absolute atomic E-state index is 0.0927. The molecule has 6 heteroatoms. The van der Waals surface area contributed by atoms with Crippen LogP contribution in [0.4, 0.5) is 5.69 Å². The summed E-state index contributed by atoms with van der Waals surface area (Å²) < 4.78 is 6.52. The van der Waals surface area contributed by atoms with Crippen LogP contribution in [0.2, 0.25) is 0 Å². The molecule has 4 aromatic carbocycles. The molecule has 0 aromatic heterocycles. The Bertz CT molecular complexity index is 1410. The number of thiocarbonyl (C=S) groups is 1. The lowest BCUT2D eigenvalue weighted by molar-refractivity contribution is -0.113. The van der Waals surface area contributed by atoms with Crippen molar-refractivity contribution in [2.75, 3.05) is 11.2 Å². The summed E-state index contributed by atoms with van der Waals surface area (Å²) in [5.41, 5.74) is 2.85. The second-order valence-electron chi connectivity index (χ2n) is 7.76. The van der Waals surface area contributed by atoms with Gasteiger partial charge < -0.3 is 4.74 Å². The van der Waals surface area contributed by atoms with E-state index in [0.717, 1.165) is 27.5 Å². The average Bonchev–Trinajstić information content (AvgIpc) is 3.15. The highest BCUT2D eigenvalue weighted by molar-refractivity contribution is 8.27. The van der Waals surface area contributed by atoms with Gasteiger partial charge in [-0.25, -0.2) is 0 Å². The summed E-state index contributed by atoms with van der Waals surface area (Å²) in [6.07, 6.45) is 3.89. The first-order valence-corrected chi connectivity index (χ1v) is 13.2. The molecule has 0 radical (unpaired) electrons. The number of rotatable bonds is 6. The van der Waals surface area contributed by atoms with Crippen molar-refractivity contribution in [2.24, 2.45) is 0 Å². The van der Waals surface area contributed by atoms with Crippen molar-refractivity contribution >= 4 is 68.5 Å². The Morgan fingerprint density at radius 1 is 0.941 bits per heavy atom. The predicted octanol–water partition coefficient (Wildman–Crippen LogP) is 7.55. The van der Waals surface area contributed by atoms with E-state index in [2.05, 4.69) is 30.3 Å². The number of hydrogen-bond acceptors (Lipinski definition) is 5. The highest BCUT2D eigenvalue weighted by atomic mass is 32.2. The van der Waals surface area contributed by atoms with Gasteiger partial charge in [-0.3, -0.25) is 9.69 Å². The normalized spacial score (nSPS) is 14.9. The molecule has 0 spiro atoms. The van der Waals surface area contributed by atoms with E-state index in [9.17, 15) is 4.79 Å². The Kier molecular flexibility index (Phi) is 6.72. The lowest BCUT2D eigenvalue weighted by Crippen LogP contribution is -2.27. The molecular weight excluding hydrogens is 479 g/mol. The standard InChI is InChI=1S/C28H21NO2S3/c1-33-25-8-4-7-23(17-25)29-27(30)26(34-28(29)32)16-19-10-13-24(14-11-19)31-18-20-9-12-21-5-2-3-6-22(21)15-20/h2-17H,18H2,1H3/b26-16-. The Balaban J connectivity index is 1.27. The molecule has 1 saturated heterocycles. The van der Waals surface area contributed by atoms with Crippen LogP contribution in [0.25, 0.3) is 16.8 Å². The highest BCUT2D eigenvalue weighted by Gasteiger charge is 2.33. The molecule has 168 valence electrons. The van der Waals surface area contributed by atoms with E-state index in [4.69, 9.17) is 17.0 Å². The Morgan fingerprint density at radius 3 is 2.53 bits per heavy atom. The Hall–Kier alpha value is -3.06. The van der Waals surface area contributed by atoms with Gasteiger partial charge in [0.15, 0.2) is 4.32 Å². The van der Waals surface area contributed by atoms with Gasteiger partial charge in [0.2, 0.25) is 0 Å². The van der Waals surface area contributed by atoms with Crippen molar-refractivity contribution in [3.8, 4) is 5.75 Å². The number of thioether (sulfide) groups is 2. The third-order valence-corrected chi connectivity index (χ3v) is 7.53. The molecule has 0 bridgehead atoms. The van der Waals surface area contributed by atoms with Crippen LogP contribution in [0.15, 0.2) is 101 Å². The fraction of sp³-hybridized carbons (Fsp3) is 0.0714. The molecule has 0 unspecified atom stereocenters. The summed E-state index contributed by atoms with van der Waals surface area (Å²) in [4.78, 5) is 16.4. The van der Waals surface area contributed by atoms with Crippen LogP contribution in [-0.4, -0.2) is 16.5 Å². The van der Waals surface area contributed by atoms with E-state index < -0.39 is 0 Å². The van der Waals surface area contributed by atoms with Crippen LogP contribution in [0.1, 0.15) is 11.1 Å². The summed E-state index contributed by atoms with van der Waals surface area (Å²) in [6, 6.07) is 30.3. The van der Waals surface area contributed by atoms with Crippen LogP contribution in [-0.2, 0) is 11.4 Å². The zero-order valence-electron chi connectivity index (χ0n) is 18.4. The molecular formula is C28H21NO2S3. The van der Waals surface area contributed by atoms with E-state index >= 15 is 0 Å². The van der Waals surface area contributed by atoms with E-state index in [1.54, 1.807) is 16.7 Å². The molecule has 1 aliphatic rings. The van der Waals surface area contributed by atoms with Crippen molar-refractivity contribution in [1.29, 1.82) is 0 Å². The molecule has 0 N–H and O–H groups in total. The number of carbonyl (C=O) groups is 1. The van der Waals surface area contributed by atoms with Crippen molar-refractivity contribution in [1.82, 2.24) is 0 Å².